The van der Waals surface area contributed by atoms with Crippen LogP contribution in [0.4, 0.5) is 0 Å². The van der Waals surface area contributed by atoms with E-state index in [0.717, 1.165) is 16.2 Å². The quantitative estimate of drug-likeness (QED) is 0.858. The van der Waals surface area contributed by atoms with Gasteiger partial charge in [-0.05, 0) is 17.9 Å². The fourth-order valence-corrected chi connectivity index (χ4v) is 2.32. The van der Waals surface area contributed by atoms with Crippen LogP contribution in [-0.2, 0) is 6.54 Å². The Kier molecular flexibility index (Phi) is 4.23. The fourth-order valence-electron chi connectivity index (χ4n) is 1.87. The first-order valence-electron chi connectivity index (χ1n) is 5.71. The van der Waals surface area contributed by atoms with Crippen LogP contribution in [0.2, 0.25) is 0 Å². The Labute approximate surface area is 110 Å². The summed E-state index contributed by atoms with van der Waals surface area (Å²) in [6, 6.07) is 13.3. The second kappa shape index (κ2) is 5.89. The predicted octanol–water partition coefficient (Wildman–Crippen LogP) is 2.23. The van der Waals surface area contributed by atoms with Gasteiger partial charge in [-0.3, -0.25) is 4.79 Å². The largest absolute Gasteiger partial charge is 0.395 e. The van der Waals surface area contributed by atoms with Crippen LogP contribution in [0.15, 0.2) is 52.2 Å². The summed E-state index contributed by atoms with van der Waals surface area (Å²) in [5.74, 6) is 0. The minimum absolute atomic E-state index is 0.0433. The molecule has 4 heteroatoms. The number of pyridine rings is 1. The van der Waals surface area contributed by atoms with Crippen LogP contribution in [0.3, 0.4) is 0 Å². The molecule has 0 atom stereocenters. The molecule has 0 spiro atoms. The van der Waals surface area contributed by atoms with Gasteiger partial charge < -0.3 is 9.67 Å². The van der Waals surface area contributed by atoms with Crippen LogP contribution in [-0.4, -0.2) is 22.5 Å². The first-order chi connectivity index (χ1) is 8.76. The summed E-state index contributed by atoms with van der Waals surface area (Å²) >= 11 is 1.54. The van der Waals surface area contributed by atoms with Gasteiger partial charge in [0.2, 0.25) is 0 Å². The highest BCUT2D eigenvalue weighted by Crippen LogP contribution is 2.22. The van der Waals surface area contributed by atoms with Crippen molar-refractivity contribution in [2.45, 2.75) is 11.4 Å². The molecule has 0 amide bonds. The van der Waals surface area contributed by atoms with Crippen molar-refractivity contribution < 1.29 is 5.11 Å². The lowest BCUT2D eigenvalue weighted by atomic mass is 10.1. The Hall–Kier alpha value is -1.52. The summed E-state index contributed by atoms with van der Waals surface area (Å²) in [6.07, 6.45) is 1.94. The number of thioether (sulfide) groups is 1. The number of aliphatic hydroxyl groups is 1. The molecule has 1 aromatic carbocycles. The molecule has 1 heterocycles. The van der Waals surface area contributed by atoms with Crippen molar-refractivity contribution in [3.8, 4) is 11.3 Å². The van der Waals surface area contributed by atoms with E-state index in [0.29, 0.717) is 6.54 Å². The predicted molar refractivity (Wildman–Crippen MR) is 75.0 cm³/mol. The van der Waals surface area contributed by atoms with E-state index in [4.69, 9.17) is 5.11 Å². The maximum Gasteiger partial charge on any atom is 0.252 e. The van der Waals surface area contributed by atoms with Gasteiger partial charge in [0.15, 0.2) is 0 Å². The van der Waals surface area contributed by atoms with E-state index in [1.165, 1.54) is 0 Å². The fraction of sp³-hybridized carbons (Fsp3) is 0.214. The third-order valence-electron chi connectivity index (χ3n) is 2.73. The molecule has 3 nitrogen and oxygen atoms in total. The van der Waals surface area contributed by atoms with Crippen molar-refractivity contribution in [3.63, 3.8) is 0 Å². The number of hydrogen-bond acceptors (Lipinski definition) is 3. The first kappa shape index (κ1) is 12.9. The highest BCUT2D eigenvalue weighted by Gasteiger charge is 2.08. The van der Waals surface area contributed by atoms with E-state index in [2.05, 4.69) is 0 Å². The highest BCUT2D eigenvalue weighted by atomic mass is 32.2. The van der Waals surface area contributed by atoms with E-state index >= 15 is 0 Å². The monoisotopic (exact) mass is 261 g/mol. The summed E-state index contributed by atoms with van der Waals surface area (Å²) < 4.78 is 1.61. The van der Waals surface area contributed by atoms with Crippen molar-refractivity contribution in [1.82, 2.24) is 4.57 Å². The molecule has 18 heavy (non-hydrogen) atoms. The van der Waals surface area contributed by atoms with E-state index in [1.54, 1.807) is 22.4 Å². The highest BCUT2D eigenvalue weighted by molar-refractivity contribution is 7.98. The molecule has 94 valence electrons. The van der Waals surface area contributed by atoms with Gasteiger partial charge in [0.25, 0.3) is 5.56 Å². The number of nitrogens with zero attached hydrogens (tertiary/aromatic N) is 1. The summed E-state index contributed by atoms with van der Waals surface area (Å²) in [7, 11) is 0. The Morgan fingerprint density at radius 2 is 1.94 bits per heavy atom. The van der Waals surface area contributed by atoms with Crippen LogP contribution in [0, 0.1) is 0 Å². The molecule has 0 fully saturated rings. The van der Waals surface area contributed by atoms with Crippen LogP contribution < -0.4 is 5.56 Å². The Bertz CT molecular complexity index is 578. The molecule has 0 bridgehead atoms. The lowest BCUT2D eigenvalue weighted by Gasteiger charge is -2.13. The van der Waals surface area contributed by atoms with E-state index in [-0.39, 0.29) is 12.2 Å². The van der Waals surface area contributed by atoms with Crippen LogP contribution in [0.1, 0.15) is 0 Å². The number of benzene rings is 1. The van der Waals surface area contributed by atoms with Crippen LogP contribution in [0.25, 0.3) is 11.3 Å². The van der Waals surface area contributed by atoms with E-state index < -0.39 is 0 Å². The van der Waals surface area contributed by atoms with E-state index in [9.17, 15) is 4.79 Å². The second-order valence-corrected chi connectivity index (χ2v) is 4.74. The lowest BCUT2D eigenvalue weighted by molar-refractivity contribution is 0.275. The zero-order valence-corrected chi connectivity index (χ0v) is 11.0. The standard InChI is InChI=1S/C14H15NO2S/c1-18-12-9-13(11-5-3-2-4-6-11)15(7-8-16)14(17)10-12/h2-6,9-10,16H,7-8H2,1H3. The van der Waals surface area contributed by atoms with Crippen molar-refractivity contribution in [2.75, 3.05) is 12.9 Å². The number of aromatic nitrogens is 1. The van der Waals surface area contributed by atoms with Crippen molar-refractivity contribution in [2.24, 2.45) is 0 Å². The molecule has 0 saturated heterocycles. The smallest absolute Gasteiger partial charge is 0.252 e. The number of rotatable bonds is 4. The molecule has 0 radical (unpaired) electrons. The summed E-state index contributed by atoms with van der Waals surface area (Å²) in [5.41, 5.74) is 1.76. The van der Waals surface area contributed by atoms with Gasteiger partial charge in [-0.2, -0.15) is 0 Å². The molecule has 1 aromatic heterocycles. The molecule has 0 unspecified atom stereocenters. The normalized spacial score (nSPS) is 10.6. The van der Waals surface area contributed by atoms with Crippen molar-refractivity contribution in [3.05, 3.63) is 52.8 Å². The maximum atomic E-state index is 12.0. The average molecular weight is 261 g/mol. The molecule has 0 saturated carbocycles. The zero-order valence-electron chi connectivity index (χ0n) is 10.2. The summed E-state index contributed by atoms with van der Waals surface area (Å²) in [5, 5.41) is 9.08. The molecule has 1 N–H and O–H groups in total. The minimum atomic E-state index is -0.0743. The third kappa shape index (κ3) is 2.66. The topological polar surface area (TPSA) is 42.2 Å². The lowest BCUT2D eigenvalue weighted by Crippen LogP contribution is -2.22. The van der Waals surface area contributed by atoms with Gasteiger partial charge >= 0.3 is 0 Å². The van der Waals surface area contributed by atoms with Gasteiger partial charge in [0.1, 0.15) is 0 Å². The van der Waals surface area contributed by atoms with Gasteiger partial charge in [-0.15, -0.1) is 11.8 Å². The second-order valence-electron chi connectivity index (χ2n) is 3.86. The Balaban J connectivity index is 2.63. The average Bonchev–Trinajstić information content (AvgIpc) is 2.42. The zero-order chi connectivity index (χ0) is 13.0. The van der Waals surface area contributed by atoms with Crippen LogP contribution in [0.5, 0.6) is 0 Å². The van der Waals surface area contributed by atoms with Crippen LogP contribution >= 0.6 is 11.8 Å². The molecule has 0 aliphatic carbocycles. The molecular weight excluding hydrogens is 246 g/mol. The van der Waals surface area contributed by atoms with Gasteiger partial charge in [-0.1, -0.05) is 30.3 Å². The molecule has 0 aliphatic heterocycles. The Morgan fingerprint density at radius 3 is 2.56 bits per heavy atom. The Morgan fingerprint density at radius 1 is 1.22 bits per heavy atom. The number of aliphatic hydroxyl groups excluding tert-OH is 1. The molecule has 2 rings (SSSR count). The minimum Gasteiger partial charge on any atom is -0.395 e. The first-order valence-corrected chi connectivity index (χ1v) is 6.94. The molecular formula is C14H15NO2S. The summed E-state index contributed by atoms with van der Waals surface area (Å²) in [4.78, 5) is 13.0. The third-order valence-corrected chi connectivity index (χ3v) is 3.44. The maximum absolute atomic E-state index is 12.0. The van der Waals surface area contributed by atoms with E-state index in [1.807, 2.05) is 42.7 Å². The van der Waals surface area contributed by atoms with Crippen molar-refractivity contribution in [1.29, 1.82) is 0 Å². The van der Waals surface area contributed by atoms with Crippen molar-refractivity contribution >= 4 is 11.8 Å². The van der Waals surface area contributed by atoms with Gasteiger partial charge in [-0.25, -0.2) is 0 Å². The molecule has 0 aliphatic rings. The van der Waals surface area contributed by atoms with Gasteiger partial charge in [0.05, 0.1) is 12.3 Å². The molecule has 2 aromatic rings. The number of hydrogen-bond donors (Lipinski definition) is 1. The summed E-state index contributed by atoms with van der Waals surface area (Å²) in [6.45, 7) is 0.274. The SMILES string of the molecule is CSc1cc(-c2ccccc2)n(CCO)c(=O)c1. The van der Waals surface area contributed by atoms with Gasteiger partial charge in [0, 0.05) is 17.5 Å².